The van der Waals surface area contributed by atoms with Crippen molar-refractivity contribution in [2.24, 2.45) is 0 Å². The Morgan fingerprint density at radius 1 is 1.21 bits per heavy atom. The number of aromatic nitrogens is 2. The van der Waals surface area contributed by atoms with Gasteiger partial charge in [0.25, 0.3) is 0 Å². The molecule has 2 aromatic rings. The number of benzene rings is 1. The lowest BCUT2D eigenvalue weighted by atomic mass is 10.1. The predicted octanol–water partition coefficient (Wildman–Crippen LogP) is 4.06. The summed E-state index contributed by atoms with van der Waals surface area (Å²) in [5, 5.41) is 12.2. The van der Waals surface area contributed by atoms with Gasteiger partial charge in [0.15, 0.2) is 0 Å². The van der Waals surface area contributed by atoms with Gasteiger partial charge in [0.05, 0.1) is 17.3 Å². The highest BCUT2D eigenvalue weighted by atomic mass is 32.1. The van der Waals surface area contributed by atoms with E-state index in [4.69, 9.17) is 17.5 Å². The molecular formula is C15H15N3S. The molecule has 19 heavy (non-hydrogen) atoms. The highest BCUT2D eigenvalue weighted by Gasteiger charge is 2.19. The van der Waals surface area contributed by atoms with Gasteiger partial charge < -0.3 is 0 Å². The second kappa shape index (κ2) is 5.02. The SMILES string of the molecule is N#Cc1ccc(-n2[nH]c(C3CCCC3)cc2=S)cc1. The van der Waals surface area contributed by atoms with Crippen molar-refractivity contribution in [1.82, 2.24) is 9.78 Å². The maximum absolute atomic E-state index is 8.82. The Labute approximate surface area is 117 Å². The van der Waals surface area contributed by atoms with E-state index in [0.717, 1.165) is 10.3 Å². The van der Waals surface area contributed by atoms with Crippen LogP contribution in [0.1, 0.15) is 42.9 Å². The Morgan fingerprint density at radius 2 is 1.89 bits per heavy atom. The van der Waals surface area contributed by atoms with Gasteiger partial charge in [-0.2, -0.15) is 5.26 Å². The van der Waals surface area contributed by atoms with Crippen molar-refractivity contribution in [3.05, 3.63) is 46.2 Å². The summed E-state index contributed by atoms with van der Waals surface area (Å²) in [4.78, 5) is 0. The van der Waals surface area contributed by atoms with Crippen LogP contribution >= 0.6 is 12.2 Å². The van der Waals surface area contributed by atoms with Gasteiger partial charge in [-0.3, -0.25) is 5.10 Å². The van der Waals surface area contributed by atoms with Crippen molar-refractivity contribution in [3.8, 4) is 11.8 Å². The Bertz CT molecular complexity index is 667. The van der Waals surface area contributed by atoms with Crippen LogP contribution in [0.3, 0.4) is 0 Å². The molecule has 1 heterocycles. The van der Waals surface area contributed by atoms with Crippen molar-refractivity contribution in [1.29, 1.82) is 5.26 Å². The largest absolute Gasteiger partial charge is 0.297 e. The molecule has 0 radical (unpaired) electrons. The molecule has 3 nitrogen and oxygen atoms in total. The monoisotopic (exact) mass is 269 g/mol. The number of H-pyrrole nitrogens is 1. The average Bonchev–Trinajstić information content (AvgIpc) is 3.08. The van der Waals surface area contributed by atoms with Crippen LogP contribution in [0, 0.1) is 16.0 Å². The third kappa shape index (κ3) is 2.34. The molecule has 1 fully saturated rings. The summed E-state index contributed by atoms with van der Waals surface area (Å²) in [6.07, 6.45) is 5.13. The minimum absolute atomic E-state index is 0.626. The first kappa shape index (κ1) is 12.2. The van der Waals surface area contributed by atoms with E-state index >= 15 is 0 Å². The molecule has 96 valence electrons. The van der Waals surface area contributed by atoms with Crippen molar-refractivity contribution >= 4 is 12.2 Å². The van der Waals surface area contributed by atoms with Crippen molar-refractivity contribution in [3.63, 3.8) is 0 Å². The maximum Gasteiger partial charge on any atom is 0.127 e. The van der Waals surface area contributed by atoms with E-state index in [9.17, 15) is 0 Å². The molecule has 1 aliphatic carbocycles. The predicted molar refractivity (Wildman–Crippen MR) is 76.9 cm³/mol. The average molecular weight is 269 g/mol. The molecule has 3 rings (SSSR count). The summed E-state index contributed by atoms with van der Waals surface area (Å²) in [5.41, 5.74) is 2.89. The van der Waals surface area contributed by atoms with Crippen molar-refractivity contribution in [2.75, 3.05) is 0 Å². The lowest BCUT2D eigenvalue weighted by molar-refractivity contribution is 0.678. The maximum atomic E-state index is 8.82. The highest BCUT2D eigenvalue weighted by Crippen LogP contribution is 2.33. The Balaban J connectivity index is 1.96. The van der Waals surface area contributed by atoms with Crippen LogP contribution in [-0.4, -0.2) is 9.78 Å². The van der Waals surface area contributed by atoms with E-state index < -0.39 is 0 Å². The van der Waals surface area contributed by atoms with E-state index in [-0.39, 0.29) is 0 Å². The van der Waals surface area contributed by atoms with Gasteiger partial charge in [0.1, 0.15) is 4.64 Å². The van der Waals surface area contributed by atoms with E-state index in [2.05, 4.69) is 17.2 Å². The second-order valence-corrected chi connectivity index (χ2v) is 5.44. The first-order valence-electron chi connectivity index (χ1n) is 6.60. The number of nitriles is 1. The zero-order valence-corrected chi connectivity index (χ0v) is 11.4. The van der Waals surface area contributed by atoms with E-state index in [1.54, 1.807) is 0 Å². The molecule has 1 N–H and O–H groups in total. The number of nitrogens with zero attached hydrogens (tertiary/aromatic N) is 2. The van der Waals surface area contributed by atoms with Gasteiger partial charge in [0, 0.05) is 11.6 Å². The lowest BCUT2D eigenvalue weighted by Crippen LogP contribution is -1.99. The van der Waals surface area contributed by atoms with Crippen LogP contribution < -0.4 is 0 Å². The lowest BCUT2D eigenvalue weighted by Gasteiger charge is -2.07. The molecule has 1 saturated carbocycles. The molecule has 0 bridgehead atoms. The molecule has 1 aliphatic rings. The van der Waals surface area contributed by atoms with Crippen LogP contribution in [0.2, 0.25) is 0 Å². The summed E-state index contributed by atoms with van der Waals surface area (Å²) >= 11 is 5.42. The minimum Gasteiger partial charge on any atom is -0.297 e. The standard InChI is InChI=1S/C15H15N3S/c16-10-11-5-7-13(8-6-11)18-15(19)9-14(17-18)12-3-1-2-4-12/h5-9,12,17H,1-4H2. The fourth-order valence-corrected chi connectivity index (χ4v) is 3.01. The quantitative estimate of drug-likeness (QED) is 0.835. The van der Waals surface area contributed by atoms with Crippen LogP contribution in [-0.2, 0) is 0 Å². The molecule has 1 aromatic carbocycles. The molecule has 0 unspecified atom stereocenters. The fraction of sp³-hybridized carbons (Fsp3) is 0.333. The highest BCUT2D eigenvalue weighted by molar-refractivity contribution is 7.71. The summed E-state index contributed by atoms with van der Waals surface area (Å²) in [6.45, 7) is 0. The molecular weight excluding hydrogens is 254 g/mol. The molecule has 0 aliphatic heterocycles. The minimum atomic E-state index is 0.626. The van der Waals surface area contributed by atoms with Crippen LogP contribution in [0.15, 0.2) is 30.3 Å². The van der Waals surface area contributed by atoms with Crippen molar-refractivity contribution < 1.29 is 0 Å². The van der Waals surface area contributed by atoms with E-state index in [1.165, 1.54) is 31.4 Å². The van der Waals surface area contributed by atoms with E-state index in [1.807, 2.05) is 28.9 Å². The second-order valence-electron chi connectivity index (χ2n) is 5.03. The molecule has 1 aromatic heterocycles. The zero-order valence-electron chi connectivity index (χ0n) is 10.6. The Morgan fingerprint density at radius 3 is 2.53 bits per heavy atom. The molecule has 0 amide bonds. The summed E-state index contributed by atoms with van der Waals surface area (Å²) < 4.78 is 2.72. The number of hydrogen-bond donors (Lipinski definition) is 1. The zero-order chi connectivity index (χ0) is 13.2. The third-order valence-electron chi connectivity index (χ3n) is 3.79. The third-order valence-corrected chi connectivity index (χ3v) is 4.09. The Hall–Kier alpha value is -1.86. The van der Waals surface area contributed by atoms with Gasteiger partial charge in [-0.15, -0.1) is 0 Å². The molecule has 0 atom stereocenters. The smallest absolute Gasteiger partial charge is 0.127 e. The van der Waals surface area contributed by atoms with E-state index in [0.29, 0.717) is 11.5 Å². The summed E-state index contributed by atoms with van der Waals surface area (Å²) in [5.74, 6) is 0.626. The van der Waals surface area contributed by atoms with Gasteiger partial charge in [0.2, 0.25) is 0 Å². The summed E-state index contributed by atoms with van der Waals surface area (Å²) in [6, 6.07) is 11.7. The van der Waals surface area contributed by atoms with Gasteiger partial charge in [-0.1, -0.05) is 25.1 Å². The fourth-order valence-electron chi connectivity index (χ4n) is 2.74. The topological polar surface area (TPSA) is 44.5 Å². The number of rotatable bonds is 2. The van der Waals surface area contributed by atoms with Crippen LogP contribution in [0.5, 0.6) is 0 Å². The first-order chi connectivity index (χ1) is 9.28. The van der Waals surface area contributed by atoms with Crippen molar-refractivity contribution in [2.45, 2.75) is 31.6 Å². The molecule has 0 saturated heterocycles. The summed E-state index contributed by atoms with van der Waals surface area (Å²) in [7, 11) is 0. The van der Waals surface area contributed by atoms with Gasteiger partial charge >= 0.3 is 0 Å². The number of aromatic amines is 1. The molecule has 4 heteroatoms. The van der Waals surface area contributed by atoms with Crippen LogP contribution in [0.4, 0.5) is 0 Å². The van der Waals surface area contributed by atoms with Gasteiger partial charge in [-0.25, -0.2) is 4.68 Å². The normalized spacial score (nSPS) is 15.5. The first-order valence-corrected chi connectivity index (χ1v) is 7.01. The van der Waals surface area contributed by atoms with Gasteiger partial charge in [-0.05, 0) is 43.2 Å². The van der Waals surface area contributed by atoms with Crippen LogP contribution in [0.25, 0.3) is 5.69 Å². The number of hydrogen-bond acceptors (Lipinski definition) is 2. The number of nitrogens with one attached hydrogen (secondary N) is 1. The Kier molecular flexibility index (Phi) is 3.22. The molecule has 0 spiro atoms.